The van der Waals surface area contributed by atoms with E-state index in [1.54, 1.807) is 19.2 Å². The zero-order valence-electron chi connectivity index (χ0n) is 5.70. The van der Waals surface area contributed by atoms with E-state index in [1.807, 2.05) is 0 Å². The van der Waals surface area contributed by atoms with Crippen LogP contribution in [0.3, 0.4) is 0 Å². The van der Waals surface area contributed by atoms with Crippen LogP contribution in [0.4, 0.5) is 0 Å². The Morgan fingerprint density at radius 1 is 1.36 bits per heavy atom. The van der Waals surface area contributed by atoms with Crippen LogP contribution in [0.25, 0.3) is 0 Å². The summed E-state index contributed by atoms with van der Waals surface area (Å²) < 4.78 is 5.81. The van der Waals surface area contributed by atoms with Crippen LogP contribution in [0.15, 0.2) is 16.6 Å². The summed E-state index contributed by atoms with van der Waals surface area (Å²) in [6.07, 6.45) is 0. The average Bonchev–Trinajstić information content (AvgIpc) is 1.96. The van der Waals surface area contributed by atoms with Crippen LogP contribution in [0, 0.1) is 0 Å². The molecule has 0 radical (unpaired) electrons. The number of hydrogen-bond acceptors (Lipinski definition) is 1. The van der Waals surface area contributed by atoms with Crippen molar-refractivity contribution in [3.05, 3.63) is 26.7 Å². The van der Waals surface area contributed by atoms with Crippen molar-refractivity contribution in [1.29, 1.82) is 0 Å². The smallest absolute Gasteiger partial charge is 0.140 e. The fraction of sp³-hybridized carbons (Fsp3) is 0.143. The Hall–Kier alpha value is 0.0800. The van der Waals surface area contributed by atoms with Crippen molar-refractivity contribution in [3.8, 4) is 5.75 Å². The van der Waals surface area contributed by atoms with E-state index in [0.29, 0.717) is 15.8 Å². The molecular weight excluding hydrogens is 251 g/mol. The molecule has 1 nitrogen and oxygen atoms in total. The van der Waals surface area contributed by atoms with Crippen molar-refractivity contribution in [3.63, 3.8) is 0 Å². The van der Waals surface area contributed by atoms with E-state index in [1.165, 1.54) is 0 Å². The maximum absolute atomic E-state index is 5.79. The fourth-order valence-corrected chi connectivity index (χ4v) is 1.65. The third kappa shape index (κ3) is 2.01. The van der Waals surface area contributed by atoms with E-state index in [2.05, 4.69) is 15.9 Å². The first-order valence-corrected chi connectivity index (χ1v) is 4.38. The second-order valence-corrected chi connectivity index (χ2v) is 3.60. The molecule has 0 saturated heterocycles. The molecule has 0 aromatic heterocycles. The van der Waals surface area contributed by atoms with E-state index in [-0.39, 0.29) is 0 Å². The SMILES string of the molecule is COc1cc(Br)cc(Cl)c1Cl. The van der Waals surface area contributed by atoms with Gasteiger partial charge in [-0.2, -0.15) is 0 Å². The molecule has 0 saturated carbocycles. The first kappa shape index (κ1) is 9.17. The average molecular weight is 256 g/mol. The summed E-state index contributed by atoms with van der Waals surface area (Å²) in [7, 11) is 1.55. The lowest BCUT2D eigenvalue weighted by atomic mass is 10.3. The van der Waals surface area contributed by atoms with E-state index in [9.17, 15) is 0 Å². The maximum atomic E-state index is 5.79. The Morgan fingerprint density at radius 3 is 2.55 bits per heavy atom. The molecule has 0 aliphatic carbocycles. The van der Waals surface area contributed by atoms with Crippen LogP contribution < -0.4 is 4.74 Å². The summed E-state index contributed by atoms with van der Waals surface area (Å²) in [6.45, 7) is 0. The van der Waals surface area contributed by atoms with Crippen molar-refractivity contribution in [1.82, 2.24) is 0 Å². The maximum Gasteiger partial charge on any atom is 0.140 e. The molecule has 0 atom stereocenters. The van der Waals surface area contributed by atoms with Gasteiger partial charge in [0, 0.05) is 4.47 Å². The summed E-state index contributed by atoms with van der Waals surface area (Å²) in [5.41, 5.74) is 0. The summed E-state index contributed by atoms with van der Waals surface area (Å²) >= 11 is 14.8. The van der Waals surface area contributed by atoms with Crippen LogP contribution >= 0.6 is 39.1 Å². The number of rotatable bonds is 1. The molecule has 0 fully saturated rings. The molecule has 0 N–H and O–H groups in total. The van der Waals surface area contributed by atoms with Gasteiger partial charge in [-0.1, -0.05) is 39.1 Å². The van der Waals surface area contributed by atoms with Crippen LogP contribution in [-0.2, 0) is 0 Å². The minimum absolute atomic E-state index is 0.442. The first-order chi connectivity index (χ1) is 5.15. The van der Waals surface area contributed by atoms with Crippen LogP contribution in [0.2, 0.25) is 10.0 Å². The van der Waals surface area contributed by atoms with Crippen molar-refractivity contribution < 1.29 is 4.74 Å². The van der Waals surface area contributed by atoms with Crippen molar-refractivity contribution >= 4 is 39.1 Å². The Labute approximate surface area is 83.4 Å². The molecule has 1 aromatic rings. The van der Waals surface area contributed by atoms with Crippen LogP contribution in [0.5, 0.6) is 5.75 Å². The van der Waals surface area contributed by atoms with Gasteiger partial charge in [0.05, 0.1) is 12.1 Å². The molecule has 1 rings (SSSR count). The number of hydrogen-bond donors (Lipinski definition) is 0. The normalized spacial score (nSPS) is 9.82. The molecular formula is C7H5BrCl2O. The summed E-state index contributed by atoms with van der Waals surface area (Å²) in [5, 5.41) is 0.926. The second kappa shape index (κ2) is 3.65. The Balaban J connectivity index is 3.24. The fourth-order valence-electron chi connectivity index (χ4n) is 0.681. The van der Waals surface area contributed by atoms with E-state index in [0.717, 1.165) is 4.47 Å². The molecule has 0 spiro atoms. The summed E-state index contributed by atoms with van der Waals surface area (Å²) in [4.78, 5) is 0. The third-order valence-electron chi connectivity index (χ3n) is 1.18. The van der Waals surface area contributed by atoms with E-state index in [4.69, 9.17) is 27.9 Å². The Morgan fingerprint density at radius 2 is 2.00 bits per heavy atom. The molecule has 0 amide bonds. The van der Waals surface area contributed by atoms with Gasteiger partial charge in [-0.25, -0.2) is 0 Å². The third-order valence-corrected chi connectivity index (χ3v) is 2.42. The van der Waals surface area contributed by atoms with Gasteiger partial charge in [0.15, 0.2) is 0 Å². The van der Waals surface area contributed by atoms with Gasteiger partial charge in [0.1, 0.15) is 10.8 Å². The number of benzene rings is 1. The predicted molar refractivity (Wildman–Crippen MR) is 50.7 cm³/mol. The molecule has 11 heavy (non-hydrogen) atoms. The Kier molecular flexibility index (Phi) is 3.05. The van der Waals surface area contributed by atoms with Crippen LogP contribution in [0.1, 0.15) is 0 Å². The van der Waals surface area contributed by atoms with Gasteiger partial charge in [0.2, 0.25) is 0 Å². The number of halogens is 3. The van der Waals surface area contributed by atoms with Gasteiger partial charge in [-0.15, -0.1) is 0 Å². The lowest BCUT2D eigenvalue weighted by molar-refractivity contribution is 0.415. The van der Waals surface area contributed by atoms with E-state index >= 15 is 0 Å². The highest BCUT2D eigenvalue weighted by Gasteiger charge is 2.05. The van der Waals surface area contributed by atoms with Crippen molar-refractivity contribution in [2.75, 3.05) is 7.11 Å². The second-order valence-electron chi connectivity index (χ2n) is 1.90. The van der Waals surface area contributed by atoms with Gasteiger partial charge in [-0.3, -0.25) is 0 Å². The van der Waals surface area contributed by atoms with Crippen LogP contribution in [-0.4, -0.2) is 7.11 Å². The van der Waals surface area contributed by atoms with Gasteiger partial charge in [0.25, 0.3) is 0 Å². The molecule has 0 unspecified atom stereocenters. The minimum Gasteiger partial charge on any atom is -0.495 e. The predicted octanol–water partition coefficient (Wildman–Crippen LogP) is 3.76. The highest BCUT2D eigenvalue weighted by Crippen LogP contribution is 2.34. The van der Waals surface area contributed by atoms with Gasteiger partial charge < -0.3 is 4.74 Å². The Bertz CT molecular complexity index is 275. The molecule has 4 heteroatoms. The summed E-state index contributed by atoms with van der Waals surface area (Å²) in [5.74, 6) is 0.575. The molecule has 0 aliphatic rings. The number of ether oxygens (including phenoxy) is 1. The van der Waals surface area contributed by atoms with Gasteiger partial charge in [-0.05, 0) is 12.1 Å². The molecule has 0 aliphatic heterocycles. The monoisotopic (exact) mass is 254 g/mol. The zero-order valence-corrected chi connectivity index (χ0v) is 8.79. The largest absolute Gasteiger partial charge is 0.495 e. The van der Waals surface area contributed by atoms with E-state index < -0.39 is 0 Å². The van der Waals surface area contributed by atoms with Crippen molar-refractivity contribution in [2.45, 2.75) is 0 Å². The van der Waals surface area contributed by atoms with Gasteiger partial charge >= 0.3 is 0 Å². The standard InChI is InChI=1S/C7H5BrCl2O/c1-11-6-3-4(8)2-5(9)7(6)10/h2-3H,1H3. The van der Waals surface area contributed by atoms with Crippen molar-refractivity contribution in [2.24, 2.45) is 0 Å². The quantitative estimate of drug-likeness (QED) is 0.695. The minimum atomic E-state index is 0.442. The zero-order chi connectivity index (χ0) is 8.43. The number of methoxy groups -OCH3 is 1. The lowest BCUT2D eigenvalue weighted by Gasteiger charge is -2.04. The highest BCUT2D eigenvalue weighted by atomic mass is 79.9. The highest BCUT2D eigenvalue weighted by molar-refractivity contribution is 9.10. The first-order valence-electron chi connectivity index (χ1n) is 2.83. The lowest BCUT2D eigenvalue weighted by Crippen LogP contribution is -1.84. The molecule has 0 heterocycles. The summed E-state index contributed by atoms with van der Waals surface area (Å²) in [6, 6.07) is 3.47. The topological polar surface area (TPSA) is 9.23 Å². The molecule has 1 aromatic carbocycles. The molecule has 60 valence electrons. The molecule has 0 bridgehead atoms.